The molecule has 1 amide bonds. The number of benzene rings is 2. The minimum atomic E-state index is -0.0444. The fourth-order valence-electron chi connectivity index (χ4n) is 3.23. The number of carbonyl (C=O) groups is 1. The molecule has 3 rings (SSSR count). The quantitative estimate of drug-likeness (QED) is 0.825. The lowest BCUT2D eigenvalue weighted by atomic mass is 9.86. The second kappa shape index (κ2) is 5.76. The standard InChI is InChI=1S/C18H22N2O/c1-12-6-2-5-9-17(12)20-18(21)15-10-13-7-3-4-8-14(13)11-16(15)19/h3-4,7-8,10-12,17H,2,5-6,9,19H2,1H3,(H,20,21). The molecule has 2 aromatic carbocycles. The fourth-order valence-corrected chi connectivity index (χ4v) is 3.23. The van der Waals surface area contributed by atoms with Crippen molar-refractivity contribution in [3.05, 3.63) is 42.0 Å². The first kappa shape index (κ1) is 13.9. The van der Waals surface area contributed by atoms with Crippen molar-refractivity contribution in [3.63, 3.8) is 0 Å². The number of nitrogens with one attached hydrogen (secondary N) is 1. The summed E-state index contributed by atoms with van der Waals surface area (Å²) in [6.45, 7) is 2.22. The van der Waals surface area contributed by atoms with Gasteiger partial charge in [-0.05, 0) is 41.7 Å². The summed E-state index contributed by atoms with van der Waals surface area (Å²) in [5.41, 5.74) is 7.21. The highest BCUT2D eigenvalue weighted by Crippen LogP contribution is 2.26. The van der Waals surface area contributed by atoms with Gasteiger partial charge in [0, 0.05) is 11.7 Å². The van der Waals surface area contributed by atoms with Crippen molar-refractivity contribution in [2.24, 2.45) is 5.92 Å². The number of fused-ring (bicyclic) bond motifs is 1. The third-order valence-corrected chi connectivity index (χ3v) is 4.59. The molecule has 2 aromatic rings. The van der Waals surface area contributed by atoms with Crippen LogP contribution in [0.1, 0.15) is 43.0 Å². The molecule has 0 heterocycles. The summed E-state index contributed by atoms with van der Waals surface area (Å²) in [7, 11) is 0. The van der Waals surface area contributed by atoms with Gasteiger partial charge in [-0.3, -0.25) is 4.79 Å². The van der Waals surface area contributed by atoms with Crippen LogP contribution in [0.4, 0.5) is 5.69 Å². The summed E-state index contributed by atoms with van der Waals surface area (Å²) in [5.74, 6) is 0.501. The van der Waals surface area contributed by atoms with Gasteiger partial charge in [0.25, 0.3) is 5.91 Å². The predicted octanol–water partition coefficient (Wildman–Crippen LogP) is 3.73. The average Bonchev–Trinajstić information content (AvgIpc) is 2.49. The van der Waals surface area contributed by atoms with Gasteiger partial charge in [-0.15, -0.1) is 0 Å². The fraction of sp³-hybridized carbons (Fsp3) is 0.389. The summed E-state index contributed by atoms with van der Waals surface area (Å²) < 4.78 is 0. The number of hydrogen-bond donors (Lipinski definition) is 2. The maximum absolute atomic E-state index is 12.5. The summed E-state index contributed by atoms with van der Waals surface area (Å²) >= 11 is 0. The van der Waals surface area contributed by atoms with Crippen molar-refractivity contribution in [1.82, 2.24) is 5.32 Å². The van der Waals surface area contributed by atoms with Crippen LogP contribution in [-0.2, 0) is 0 Å². The van der Waals surface area contributed by atoms with Gasteiger partial charge in [0.1, 0.15) is 0 Å². The van der Waals surface area contributed by atoms with E-state index in [2.05, 4.69) is 12.2 Å². The number of hydrogen-bond acceptors (Lipinski definition) is 2. The zero-order valence-electron chi connectivity index (χ0n) is 12.4. The summed E-state index contributed by atoms with van der Waals surface area (Å²) in [6.07, 6.45) is 4.73. The molecular formula is C18H22N2O. The first-order chi connectivity index (χ1) is 10.1. The third kappa shape index (κ3) is 2.87. The van der Waals surface area contributed by atoms with Gasteiger partial charge in [-0.25, -0.2) is 0 Å². The maximum atomic E-state index is 12.5. The topological polar surface area (TPSA) is 55.1 Å². The normalized spacial score (nSPS) is 22.1. The van der Waals surface area contributed by atoms with Crippen LogP contribution in [-0.4, -0.2) is 11.9 Å². The highest BCUT2D eigenvalue weighted by molar-refractivity contribution is 6.04. The molecule has 1 fully saturated rings. The third-order valence-electron chi connectivity index (χ3n) is 4.59. The Morgan fingerprint density at radius 3 is 2.52 bits per heavy atom. The van der Waals surface area contributed by atoms with Crippen molar-refractivity contribution < 1.29 is 4.79 Å². The monoisotopic (exact) mass is 282 g/mol. The second-order valence-corrected chi connectivity index (χ2v) is 6.13. The Balaban J connectivity index is 1.85. The molecule has 1 aliphatic carbocycles. The second-order valence-electron chi connectivity index (χ2n) is 6.13. The number of rotatable bonds is 2. The first-order valence-electron chi connectivity index (χ1n) is 7.74. The van der Waals surface area contributed by atoms with Crippen molar-refractivity contribution in [3.8, 4) is 0 Å². The van der Waals surface area contributed by atoms with Crippen LogP contribution in [0.5, 0.6) is 0 Å². The van der Waals surface area contributed by atoms with E-state index in [9.17, 15) is 4.79 Å². The maximum Gasteiger partial charge on any atom is 0.253 e. The highest BCUT2D eigenvalue weighted by atomic mass is 16.1. The van der Waals surface area contributed by atoms with Gasteiger partial charge in [0.15, 0.2) is 0 Å². The van der Waals surface area contributed by atoms with E-state index in [1.165, 1.54) is 19.3 Å². The minimum absolute atomic E-state index is 0.0444. The molecule has 1 saturated carbocycles. The van der Waals surface area contributed by atoms with Gasteiger partial charge in [0.05, 0.1) is 5.56 Å². The predicted molar refractivity (Wildman–Crippen MR) is 87.2 cm³/mol. The van der Waals surface area contributed by atoms with Gasteiger partial charge in [-0.1, -0.05) is 44.0 Å². The van der Waals surface area contributed by atoms with Crippen molar-refractivity contribution in [1.29, 1.82) is 0 Å². The zero-order valence-corrected chi connectivity index (χ0v) is 12.4. The van der Waals surface area contributed by atoms with Crippen LogP contribution in [0.2, 0.25) is 0 Å². The Kier molecular flexibility index (Phi) is 3.82. The number of carbonyl (C=O) groups excluding carboxylic acids is 1. The lowest BCUT2D eigenvalue weighted by molar-refractivity contribution is 0.0911. The molecule has 3 nitrogen and oxygen atoms in total. The van der Waals surface area contributed by atoms with Gasteiger partial charge in [-0.2, -0.15) is 0 Å². The van der Waals surface area contributed by atoms with E-state index >= 15 is 0 Å². The molecule has 2 atom stereocenters. The molecule has 21 heavy (non-hydrogen) atoms. The van der Waals surface area contributed by atoms with E-state index in [-0.39, 0.29) is 11.9 Å². The molecule has 0 bridgehead atoms. The van der Waals surface area contributed by atoms with Crippen LogP contribution >= 0.6 is 0 Å². The highest BCUT2D eigenvalue weighted by Gasteiger charge is 2.24. The molecule has 3 heteroatoms. The zero-order chi connectivity index (χ0) is 14.8. The molecule has 0 aliphatic heterocycles. The summed E-state index contributed by atoms with van der Waals surface area (Å²) in [5, 5.41) is 5.29. The molecule has 0 saturated heterocycles. The lowest BCUT2D eigenvalue weighted by Gasteiger charge is -2.29. The van der Waals surface area contributed by atoms with E-state index in [4.69, 9.17) is 5.73 Å². The Morgan fingerprint density at radius 2 is 1.81 bits per heavy atom. The number of amides is 1. The van der Waals surface area contributed by atoms with Crippen LogP contribution in [0.25, 0.3) is 10.8 Å². The van der Waals surface area contributed by atoms with Crippen LogP contribution in [0.3, 0.4) is 0 Å². The largest absolute Gasteiger partial charge is 0.398 e. The summed E-state index contributed by atoms with van der Waals surface area (Å²) in [6, 6.07) is 12.0. The van der Waals surface area contributed by atoms with Crippen molar-refractivity contribution in [2.45, 2.75) is 38.6 Å². The molecule has 3 N–H and O–H groups in total. The van der Waals surface area contributed by atoms with Crippen molar-refractivity contribution >= 4 is 22.4 Å². The van der Waals surface area contributed by atoms with E-state index in [0.29, 0.717) is 17.2 Å². The van der Waals surface area contributed by atoms with E-state index in [0.717, 1.165) is 17.2 Å². The molecular weight excluding hydrogens is 260 g/mol. The van der Waals surface area contributed by atoms with Gasteiger partial charge >= 0.3 is 0 Å². The SMILES string of the molecule is CC1CCCCC1NC(=O)c1cc2ccccc2cc1N. The first-order valence-corrected chi connectivity index (χ1v) is 7.74. The molecule has 2 unspecified atom stereocenters. The summed E-state index contributed by atoms with van der Waals surface area (Å²) in [4.78, 5) is 12.5. The molecule has 0 aromatic heterocycles. The van der Waals surface area contributed by atoms with Gasteiger partial charge in [0.2, 0.25) is 0 Å². The molecule has 110 valence electrons. The van der Waals surface area contributed by atoms with Crippen LogP contribution in [0.15, 0.2) is 36.4 Å². The average molecular weight is 282 g/mol. The van der Waals surface area contributed by atoms with Crippen LogP contribution < -0.4 is 11.1 Å². The minimum Gasteiger partial charge on any atom is -0.398 e. The molecule has 0 spiro atoms. The van der Waals surface area contributed by atoms with E-state index in [1.54, 1.807) is 0 Å². The smallest absolute Gasteiger partial charge is 0.253 e. The number of nitrogen functional groups attached to an aromatic ring is 1. The Hall–Kier alpha value is -2.03. The Labute approximate surface area is 125 Å². The number of anilines is 1. The molecule has 1 aliphatic rings. The Morgan fingerprint density at radius 1 is 1.14 bits per heavy atom. The lowest BCUT2D eigenvalue weighted by Crippen LogP contribution is -2.41. The Bertz CT molecular complexity index is 665. The van der Waals surface area contributed by atoms with Crippen LogP contribution in [0, 0.1) is 5.92 Å². The van der Waals surface area contributed by atoms with Gasteiger partial charge < -0.3 is 11.1 Å². The number of nitrogens with two attached hydrogens (primary N) is 1. The molecule has 0 radical (unpaired) electrons. The van der Waals surface area contributed by atoms with Crippen molar-refractivity contribution in [2.75, 3.05) is 5.73 Å². The van der Waals surface area contributed by atoms with E-state index < -0.39 is 0 Å². The van der Waals surface area contributed by atoms with E-state index in [1.807, 2.05) is 36.4 Å².